The lowest BCUT2D eigenvalue weighted by Crippen LogP contribution is -2.48. The summed E-state index contributed by atoms with van der Waals surface area (Å²) >= 11 is 0. The van der Waals surface area contributed by atoms with Crippen molar-refractivity contribution in [3.05, 3.63) is 0 Å². The summed E-state index contributed by atoms with van der Waals surface area (Å²) in [5, 5.41) is 3.52. The van der Waals surface area contributed by atoms with Crippen molar-refractivity contribution in [2.45, 2.75) is 52.5 Å². The molecule has 2 heteroatoms. The summed E-state index contributed by atoms with van der Waals surface area (Å²) in [6.07, 6.45) is 3.49. The molecular formula is C12H26N2. The first-order valence-electron chi connectivity index (χ1n) is 5.93. The topological polar surface area (TPSA) is 38.0 Å². The van der Waals surface area contributed by atoms with Crippen LogP contribution in [0.1, 0.15) is 47.0 Å². The van der Waals surface area contributed by atoms with Crippen LogP contribution in [0.15, 0.2) is 0 Å². The van der Waals surface area contributed by atoms with E-state index >= 15 is 0 Å². The Kier molecular flexibility index (Phi) is 3.59. The van der Waals surface area contributed by atoms with Gasteiger partial charge < -0.3 is 11.1 Å². The molecule has 0 aliphatic heterocycles. The van der Waals surface area contributed by atoms with Gasteiger partial charge in [0.25, 0.3) is 0 Å². The fourth-order valence-electron chi connectivity index (χ4n) is 1.92. The van der Waals surface area contributed by atoms with E-state index in [1.165, 1.54) is 6.42 Å². The fourth-order valence-corrected chi connectivity index (χ4v) is 1.92. The quantitative estimate of drug-likeness (QED) is 0.686. The normalized spacial score (nSPS) is 25.1. The van der Waals surface area contributed by atoms with E-state index in [-0.39, 0.29) is 5.54 Å². The van der Waals surface area contributed by atoms with E-state index in [0.717, 1.165) is 31.8 Å². The lowest BCUT2D eigenvalue weighted by molar-refractivity contribution is 0.362. The molecule has 0 spiro atoms. The molecule has 1 saturated carbocycles. The van der Waals surface area contributed by atoms with E-state index in [1.807, 2.05) is 0 Å². The van der Waals surface area contributed by atoms with Crippen molar-refractivity contribution in [3.8, 4) is 0 Å². The zero-order valence-corrected chi connectivity index (χ0v) is 10.2. The molecule has 1 aliphatic rings. The lowest BCUT2D eigenvalue weighted by Gasteiger charge is -2.27. The molecule has 2 nitrogen and oxygen atoms in total. The van der Waals surface area contributed by atoms with Crippen LogP contribution < -0.4 is 11.1 Å². The summed E-state index contributed by atoms with van der Waals surface area (Å²) in [5.74, 6) is 0.875. The highest BCUT2D eigenvalue weighted by molar-refractivity contribution is 4.96. The third kappa shape index (κ3) is 2.96. The van der Waals surface area contributed by atoms with E-state index in [4.69, 9.17) is 5.73 Å². The second kappa shape index (κ2) is 4.19. The molecule has 1 atom stereocenters. The minimum absolute atomic E-state index is 0.0129. The van der Waals surface area contributed by atoms with Crippen molar-refractivity contribution in [1.29, 1.82) is 0 Å². The van der Waals surface area contributed by atoms with Crippen molar-refractivity contribution in [2.75, 3.05) is 13.1 Å². The largest absolute Gasteiger partial charge is 0.324 e. The summed E-state index contributed by atoms with van der Waals surface area (Å²) in [4.78, 5) is 0. The Morgan fingerprint density at radius 2 is 1.86 bits per heavy atom. The molecule has 0 saturated heterocycles. The second-order valence-electron chi connectivity index (χ2n) is 5.59. The van der Waals surface area contributed by atoms with Crippen LogP contribution in [-0.2, 0) is 0 Å². The van der Waals surface area contributed by atoms with Gasteiger partial charge in [-0.15, -0.1) is 0 Å². The Hall–Kier alpha value is -0.0800. The van der Waals surface area contributed by atoms with Gasteiger partial charge in [-0.05, 0) is 37.1 Å². The number of hydrogen-bond acceptors (Lipinski definition) is 2. The average Bonchev–Trinajstić information content (AvgIpc) is 2.74. The van der Waals surface area contributed by atoms with E-state index in [9.17, 15) is 0 Å². The molecule has 14 heavy (non-hydrogen) atoms. The van der Waals surface area contributed by atoms with Gasteiger partial charge in [0.15, 0.2) is 0 Å². The second-order valence-corrected chi connectivity index (χ2v) is 5.59. The zero-order chi connectivity index (χ0) is 10.8. The maximum absolute atomic E-state index is 6.21. The molecule has 0 bridgehead atoms. The van der Waals surface area contributed by atoms with Crippen LogP contribution in [0, 0.1) is 11.3 Å². The van der Waals surface area contributed by atoms with Gasteiger partial charge in [0.2, 0.25) is 0 Å². The van der Waals surface area contributed by atoms with Crippen LogP contribution in [0.25, 0.3) is 0 Å². The smallest absolute Gasteiger partial charge is 0.0275 e. The average molecular weight is 198 g/mol. The summed E-state index contributed by atoms with van der Waals surface area (Å²) < 4.78 is 0. The predicted molar refractivity (Wildman–Crippen MR) is 62.3 cm³/mol. The van der Waals surface area contributed by atoms with Gasteiger partial charge in [0.05, 0.1) is 0 Å². The summed E-state index contributed by atoms with van der Waals surface area (Å²) in [6, 6.07) is 0. The first-order valence-corrected chi connectivity index (χ1v) is 5.93. The van der Waals surface area contributed by atoms with Gasteiger partial charge in [-0.2, -0.15) is 0 Å². The number of rotatable bonds is 6. The van der Waals surface area contributed by atoms with Crippen LogP contribution in [0.5, 0.6) is 0 Å². The van der Waals surface area contributed by atoms with Crippen LogP contribution in [0.3, 0.4) is 0 Å². The van der Waals surface area contributed by atoms with E-state index in [2.05, 4.69) is 33.0 Å². The molecule has 0 aromatic carbocycles. The number of nitrogens with one attached hydrogen (secondary N) is 1. The Balaban J connectivity index is 2.15. The Labute approximate surface area is 88.6 Å². The maximum Gasteiger partial charge on any atom is 0.0275 e. The predicted octanol–water partition coefficient (Wildman–Crippen LogP) is 2.14. The molecule has 1 rings (SSSR count). The molecule has 1 fully saturated rings. The van der Waals surface area contributed by atoms with Gasteiger partial charge >= 0.3 is 0 Å². The van der Waals surface area contributed by atoms with Gasteiger partial charge in [-0.3, -0.25) is 0 Å². The molecule has 1 aliphatic carbocycles. The standard InChI is InChI=1S/C12H26N2/c1-5-12(13,6-2)9-14-8-10-7-11(10,3)4/h10,14H,5-9,13H2,1-4H3. The molecule has 0 aromatic rings. The first-order chi connectivity index (χ1) is 6.43. The highest BCUT2D eigenvalue weighted by Gasteiger charge is 2.44. The Bertz CT molecular complexity index is 183. The van der Waals surface area contributed by atoms with E-state index in [1.54, 1.807) is 0 Å². The lowest BCUT2D eigenvalue weighted by atomic mass is 9.94. The van der Waals surface area contributed by atoms with Crippen LogP contribution in [0.4, 0.5) is 0 Å². The maximum atomic E-state index is 6.21. The molecule has 1 unspecified atom stereocenters. The van der Waals surface area contributed by atoms with Crippen molar-refractivity contribution in [3.63, 3.8) is 0 Å². The molecule has 84 valence electrons. The number of hydrogen-bond donors (Lipinski definition) is 2. The summed E-state index contributed by atoms with van der Waals surface area (Å²) in [5.41, 5.74) is 6.81. The van der Waals surface area contributed by atoms with Crippen LogP contribution in [-0.4, -0.2) is 18.6 Å². The summed E-state index contributed by atoms with van der Waals surface area (Å²) in [7, 11) is 0. The molecule has 0 aromatic heterocycles. The Morgan fingerprint density at radius 3 is 2.21 bits per heavy atom. The highest BCUT2D eigenvalue weighted by Crippen LogP contribution is 2.50. The van der Waals surface area contributed by atoms with Crippen molar-refractivity contribution in [2.24, 2.45) is 17.1 Å². The molecule has 0 heterocycles. The minimum atomic E-state index is 0.0129. The third-order valence-electron chi connectivity index (χ3n) is 3.99. The van der Waals surface area contributed by atoms with Crippen LogP contribution >= 0.6 is 0 Å². The van der Waals surface area contributed by atoms with Crippen LogP contribution in [0.2, 0.25) is 0 Å². The van der Waals surface area contributed by atoms with Gasteiger partial charge in [-0.1, -0.05) is 27.7 Å². The SMILES string of the molecule is CCC(N)(CC)CNCC1CC1(C)C. The molecule has 0 radical (unpaired) electrons. The monoisotopic (exact) mass is 198 g/mol. The van der Waals surface area contributed by atoms with Crippen molar-refractivity contribution in [1.82, 2.24) is 5.32 Å². The van der Waals surface area contributed by atoms with Crippen molar-refractivity contribution < 1.29 is 0 Å². The highest BCUT2D eigenvalue weighted by atomic mass is 14.9. The van der Waals surface area contributed by atoms with Crippen molar-refractivity contribution >= 4 is 0 Å². The molecule has 3 N–H and O–H groups in total. The summed E-state index contributed by atoms with van der Waals surface area (Å²) in [6.45, 7) is 11.1. The third-order valence-corrected chi connectivity index (χ3v) is 3.99. The Morgan fingerprint density at radius 1 is 1.36 bits per heavy atom. The zero-order valence-electron chi connectivity index (χ0n) is 10.2. The van der Waals surface area contributed by atoms with E-state index in [0.29, 0.717) is 5.41 Å². The first kappa shape index (κ1) is 12.0. The van der Waals surface area contributed by atoms with Gasteiger partial charge in [0.1, 0.15) is 0 Å². The van der Waals surface area contributed by atoms with Gasteiger partial charge in [0, 0.05) is 12.1 Å². The molecular weight excluding hydrogens is 172 g/mol. The van der Waals surface area contributed by atoms with E-state index < -0.39 is 0 Å². The molecule has 0 amide bonds. The fraction of sp³-hybridized carbons (Fsp3) is 1.00. The number of nitrogens with two attached hydrogens (primary N) is 1. The van der Waals surface area contributed by atoms with Gasteiger partial charge in [-0.25, -0.2) is 0 Å². The minimum Gasteiger partial charge on any atom is -0.324 e.